The first-order valence-corrected chi connectivity index (χ1v) is 8.48. The van der Waals surface area contributed by atoms with E-state index in [1.807, 2.05) is 50.5 Å². The molecule has 0 saturated heterocycles. The van der Waals surface area contributed by atoms with E-state index in [4.69, 9.17) is 10.5 Å². The molecule has 0 amide bonds. The number of nitrogens with zero attached hydrogens (tertiary/aromatic N) is 4. The van der Waals surface area contributed by atoms with E-state index in [0.717, 1.165) is 28.9 Å². The Morgan fingerprint density at radius 2 is 2.12 bits per heavy atom. The first-order valence-electron chi connectivity index (χ1n) is 8.48. The predicted molar refractivity (Wildman–Crippen MR) is 101 cm³/mol. The summed E-state index contributed by atoms with van der Waals surface area (Å²) >= 11 is 0. The number of nitriles is 1. The van der Waals surface area contributed by atoms with Crippen molar-refractivity contribution in [3.63, 3.8) is 0 Å². The Balaban J connectivity index is 2.10. The number of ether oxygens (including phenoxy) is 1. The van der Waals surface area contributed by atoms with E-state index in [1.54, 1.807) is 10.9 Å². The van der Waals surface area contributed by atoms with Gasteiger partial charge in [-0.1, -0.05) is 19.1 Å². The second-order valence-electron chi connectivity index (χ2n) is 6.19. The summed E-state index contributed by atoms with van der Waals surface area (Å²) in [6, 6.07) is 11.7. The van der Waals surface area contributed by atoms with Crippen molar-refractivity contribution < 1.29 is 4.74 Å². The van der Waals surface area contributed by atoms with Crippen LogP contribution in [-0.4, -0.2) is 20.9 Å². The van der Waals surface area contributed by atoms with E-state index in [0.29, 0.717) is 11.3 Å². The smallest absolute Gasteiger partial charge is 0.142 e. The largest absolute Gasteiger partial charge is 0.491 e. The topological polar surface area (TPSA) is 89.8 Å². The zero-order valence-electron chi connectivity index (χ0n) is 15.1. The van der Waals surface area contributed by atoms with Gasteiger partial charge in [-0.15, -0.1) is 0 Å². The van der Waals surface area contributed by atoms with Gasteiger partial charge in [0.25, 0.3) is 0 Å². The van der Waals surface area contributed by atoms with Gasteiger partial charge in [0, 0.05) is 24.4 Å². The van der Waals surface area contributed by atoms with Crippen LogP contribution >= 0.6 is 0 Å². The third-order valence-electron chi connectivity index (χ3n) is 4.22. The summed E-state index contributed by atoms with van der Waals surface area (Å²) in [4.78, 5) is 4.37. The van der Waals surface area contributed by atoms with Crippen molar-refractivity contribution in [1.82, 2.24) is 14.8 Å². The quantitative estimate of drug-likeness (QED) is 0.758. The summed E-state index contributed by atoms with van der Waals surface area (Å²) in [6.45, 7) is 4.10. The molecular weight excluding hydrogens is 326 g/mol. The predicted octanol–water partition coefficient (Wildman–Crippen LogP) is 3.78. The number of nitrogen functional groups attached to an aromatic ring is 1. The first-order chi connectivity index (χ1) is 12.5. The highest BCUT2D eigenvalue weighted by atomic mass is 16.5. The molecular formula is C20H21N5O. The summed E-state index contributed by atoms with van der Waals surface area (Å²) in [5, 5.41) is 13.7. The number of hydrogen-bond acceptors (Lipinski definition) is 5. The highest BCUT2D eigenvalue weighted by Crippen LogP contribution is 2.32. The minimum Gasteiger partial charge on any atom is -0.491 e. The van der Waals surface area contributed by atoms with Gasteiger partial charge in [0.2, 0.25) is 0 Å². The Hall–Kier alpha value is -3.33. The fourth-order valence-electron chi connectivity index (χ4n) is 2.66. The maximum atomic E-state index is 9.56. The lowest BCUT2D eigenvalue weighted by atomic mass is 9.99. The van der Waals surface area contributed by atoms with Gasteiger partial charge in [0.1, 0.15) is 23.2 Å². The number of nitrogens with two attached hydrogens (primary N) is 1. The van der Waals surface area contributed by atoms with Gasteiger partial charge >= 0.3 is 0 Å². The van der Waals surface area contributed by atoms with Crippen LogP contribution in [0.2, 0.25) is 0 Å². The van der Waals surface area contributed by atoms with Crippen LogP contribution in [0.15, 0.2) is 42.7 Å². The van der Waals surface area contributed by atoms with Crippen LogP contribution in [0.5, 0.6) is 5.75 Å². The standard InChI is InChI=1S/C20H21N5O/c1-4-13(2)26-16-7-5-6-14(8-16)17-9-19(15-11-23-25(3)12-15)24-20(22)18(17)10-21/h5-9,11-13H,4H2,1-3H3,(H2,22,24). The van der Waals surface area contributed by atoms with E-state index in [1.165, 1.54) is 0 Å². The second-order valence-corrected chi connectivity index (χ2v) is 6.19. The van der Waals surface area contributed by atoms with Crippen molar-refractivity contribution in [2.24, 2.45) is 7.05 Å². The number of aryl methyl sites for hydroxylation is 1. The van der Waals surface area contributed by atoms with Crippen LogP contribution < -0.4 is 10.5 Å². The van der Waals surface area contributed by atoms with E-state index in [9.17, 15) is 5.26 Å². The van der Waals surface area contributed by atoms with Gasteiger partial charge in [-0.2, -0.15) is 10.4 Å². The van der Waals surface area contributed by atoms with Gasteiger partial charge in [-0.05, 0) is 37.1 Å². The van der Waals surface area contributed by atoms with Gasteiger partial charge in [-0.25, -0.2) is 4.98 Å². The van der Waals surface area contributed by atoms with Gasteiger partial charge in [-0.3, -0.25) is 4.68 Å². The lowest BCUT2D eigenvalue weighted by Gasteiger charge is -2.14. The van der Waals surface area contributed by atoms with Gasteiger partial charge in [0.05, 0.1) is 18.0 Å². The van der Waals surface area contributed by atoms with Crippen molar-refractivity contribution >= 4 is 5.82 Å². The number of benzene rings is 1. The minimum absolute atomic E-state index is 0.120. The highest BCUT2D eigenvalue weighted by molar-refractivity contribution is 5.80. The number of rotatable bonds is 5. The molecule has 0 aliphatic carbocycles. The van der Waals surface area contributed by atoms with Gasteiger partial charge < -0.3 is 10.5 Å². The number of aromatic nitrogens is 3. The Kier molecular flexibility index (Phi) is 4.90. The molecule has 0 bridgehead atoms. The minimum atomic E-state index is 0.120. The molecule has 6 nitrogen and oxygen atoms in total. The molecule has 0 fully saturated rings. The number of hydrogen-bond donors (Lipinski definition) is 1. The zero-order valence-corrected chi connectivity index (χ0v) is 15.1. The first kappa shape index (κ1) is 17.5. The molecule has 2 aromatic heterocycles. The fourth-order valence-corrected chi connectivity index (χ4v) is 2.66. The van der Waals surface area contributed by atoms with Crippen LogP contribution in [0.25, 0.3) is 22.4 Å². The molecule has 26 heavy (non-hydrogen) atoms. The molecule has 2 N–H and O–H groups in total. The third kappa shape index (κ3) is 3.52. The molecule has 0 saturated carbocycles. The molecule has 1 unspecified atom stereocenters. The Bertz CT molecular complexity index is 971. The summed E-state index contributed by atoms with van der Waals surface area (Å²) in [6.07, 6.45) is 4.62. The fraction of sp³-hybridized carbons (Fsp3) is 0.250. The van der Waals surface area contributed by atoms with Crippen LogP contribution in [0.1, 0.15) is 25.8 Å². The monoisotopic (exact) mass is 347 g/mol. The average molecular weight is 347 g/mol. The molecule has 0 spiro atoms. The average Bonchev–Trinajstić information content (AvgIpc) is 3.07. The summed E-state index contributed by atoms with van der Waals surface area (Å²) in [5.74, 6) is 0.969. The Morgan fingerprint density at radius 1 is 1.31 bits per heavy atom. The van der Waals surface area contributed by atoms with Crippen molar-refractivity contribution in [2.75, 3.05) is 5.73 Å². The van der Waals surface area contributed by atoms with Crippen molar-refractivity contribution in [2.45, 2.75) is 26.4 Å². The van der Waals surface area contributed by atoms with Crippen molar-refractivity contribution in [1.29, 1.82) is 5.26 Å². The van der Waals surface area contributed by atoms with Crippen LogP contribution in [-0.2, 0) is 7.05 Å². The SMILES string of the molecule is CCC(C)Oc1cccc(-c2cc(-c3cnn(C)c3)nc(N)c2C#N)c1. The molecule has 6 heteroatoms. The Labute approximate surface area is 152 Å². The zero-order chi connectivity index (χ0) is 18.7. The van der Waals surface area contributed by atoms with E-state index in [2.05, 4.69) is 23.1 Å². The second kappa shape index (κ2) is 7.28. The van der Waals surface area contributed by atoms with Crippen LogP contribution in [0, 0.1) is 11.3 Å². The normalized spacial score (nSPS) is 11.8. The number of pyridine rings is 1. The lowest BCUT2D eigenvalue weighted by Crippen LogP contribution is -2.09. The molecule has 0 radical (unpaired) electrons. The molecule has 0 aliphatic rings. The lowest BCUT2D eigenvalue weighted by molar-refractivity contribution is 0.217. The van der Waals surface area contributed by atoms with Crippen LogP contribution in [0.3, 0.4) is 0 Å². The maximum Gasteiger partial charge on any atom is 0.142 e. The number of anilines is 1. The van der Waals surface area contributed by atoms with Crippen molar-refractivity contribution in [3.8, 4) is 34.2 Å². The third-order valence-corrected chi connectivity index (χ3v) is 4.22. The Morgan fingerprint density at radius 3 is 2.77 bits per heavy atom. The molecule has 3 rings (SSSR count). The maximum absolute atomic E-state index is 9.56. The molecule has 2 heterocycles. The molecule has 1 atom stereocenters. The van der Waals surface area contributed by atoms with Gasteiger partial charge in [0.15, 0.2) is 0 Å². The summed E-state index contributed by atoms with van der Waals surface area (Å²) in [7, 11) is 1.84. The summed E-state index contributed by atoms with van der Waals surface area (Å²) < 4.78 is 7.60. The van der Waals surface area contributed by atoms with Crippen molar-refractivity contribution in [3.05, 3.63) is 48.3 Å². The van der Waals surface area contributed by atoms with E-state index >= 15 is 0 Å². The molecule has 132 valence electrons. The molecule has 1 aromatic carbocycles. The van der Waals surface area contributed by atoms with E-state index < -0.39 is 0 Å². The van der Waals surface area contributed by atoms with Crippen LogP contribution in [0.4, 0.5) is 5.82 Å². The van der Waals surface area contributed by atoms with E-state index in [-0.39, 0.29) is 11.9 Å². The highest BCUT2D eigenvalue weighted by Gasteiger charge is 2.15. The molecule has 3 aromatic rings. The molecule has 0 aliphatic heterocycles. The summed E-state index contributed by atoms with van der Waals surface area (Å²) in [5.41, 5.74) is 9.54.